The molecule has 0 spiro atoms. The zero-order valence-electron chi connectivity index (χ0n) is 8.70. The molecular formula is C12H8ClNOS2. The summed E-state index contributed by atoms with van der Waals surface area (Å²) in [7, 11) is 0. The van der Waals surface area contributed by atoms with E-state index in [-0.39, 0.29) is 0 Å². The van der Waals surface area contributed by atoms with E-state index < -0.39 is 0 Å². The number of nitrogens with one attached hydrogen (secondary N) is 1. The van der Waals surface area contributed by atoms with Gasteiger partial charge in [0.15, 0.2) is 5.76 Å². The first-order valence-corrected chi connectivity index (χ1v) is 6.99. The van der Waals surface area contributed by atoms with Gasteiger partial charge in [-0.25, -0.2) is 5.48 Å². The fourth-order valence-electron chi connectivity index (χ4n) is 1.66. The smallest absolute Gasteiger partial charge is 0.158 e. The third kappa shape index (κ3) is 1.88. The fourth-order valence-corrected chi connectivity index (χ4v) is 3.49. The van der Waals surface area contributed by atoms with E-state index in [4.69, 9.17) is 16.4 Å². The van der Waals surface area contributed by atoms with Gasteiger partial charge in [-0.3, -0.25) is 0 Å². The van der Waals surface area contributed by atoms with E-state index in [9.17, 15) is 0 Å². The summed E-state index contributed by atoms with van der Waals surface area (Å²) in [6.07, 6.45) is 0. The van der Waals surface area contributed by atoms with Gasteiger partial charge in [0.25, 0.3) is 0 Å². The molecule has 0 aromatic carbocycles. The van der Waals surface area contributed by atoms with Gasteiger partial charge in [0.05, 0.1) is 14.8 Å². The third-order valence-corrected chi connectivity index (χ3v) is 4.53. The number of halogens is 1. The highest BCUT2D eigenvalue weighted by molar-refractivity contribution is 7.17. The maximum atomic E-state index is 5.96. The summed E-state index contributed by atoms with van der Waals surface area (Å²) in [5.74, 6) is 0.645. The van der Waals surface area contributed by atoms with Crippen molar-refractivity contribution in [1.82, 2.24) is 5.48 Å². The molecule has 0 atom stereocenters. The Labute approximate surface area is 112 Å². The molecule has 0 unspecified atom stereocenters. The lowest BCUT2D eigenvalue weighted by Gasteiger charge is -1.99. The molecule has 0 saturated carbocycles. The van der Waals surface area contributed by atoms with Crippen molar-refractivity contribution >= 4 is 45.5 Å². The third-order valence-electron chi connectivity index (χ3n) is 2.39. The number of allylic oxidation sites excluding steroid dienone is 1. The molecule has 1 aliphatic rings. The normalized spacial score (nSPS) is 15.0. The van der Waals surface area contributed by atoms with Crippen molar-refractivity contribution in [3.05, 3.63) is 56.1 Å². The van der Waals surface area contributed by atoms with Crippen LogP contribution in [0, 0.1) is 0 Å². The van der Waals surface area contributed by atoms with E-state index in [0.29, 0.717) is 5.76 Å². The molecule has 2 nitrogen and oxygen atoms in total. The second kappa shape index (κ2) is 4.22. The molecule has 5 heteroatoms. The minimum Gasteiger partial charge on any atom is -0.382 e. The van der Waals surface area contributed by atoms with Crippen LogP contribution in [-0.2, 0) is 4.84 Å². The summed E-state index contributed by atoms with van der Waals surface area (Å²) in [6, 6.07) is 7.92. The molecule has 2 aromatic rings. The summed E-state index contributed by atoms with van der Waals surface area (Å²) in [4.78, 5) is 7.51. The molecule has 0 radical (unpaired) electrons. The Kier molecular flexibility index (Phi) is 2.70. The van der Waals surface area contributed by atoms with Crippen molar-refractivity contribution in [1.29, 1.82) is 0 Å². The molecule has 0 fully saturated rings. The molecule has 3 heterocycles. The Morgan fingerprint density at radius 3 is 2.76 bits per heavy atom. The SMILES string of the molecule is C=C1ONC(c2ccc(Cl)s2)=C1c1cccs1. The first kappa shape index (κ1) is 10.9. The van der Waals surface area contributed by atoms with Gasteiger partial charge in [-0.05, 0) is 23.6 Å². The monoisotopic (exact) mass is 281 g/mol. The fraction of sp³-hybridized carbons (Fsp3) is 0. The summed E-state index contributed by atoms with van der Waals surface area (Å²) >= 11 is 9.13. The zero-order valence-corrected chi connectivity index (χ0v) is 11.1. The predicted octanol–water partition coefficient (Wildman–Crippen LogP) is 4.38. The van der Waals surface area contributed by atoms with Crippen molar-refractivity contribution in [2.24, 2.45) is 0 Å². The van der Waals surface area contributed by atoms with E-state index >= 15 is 0 Å². The lowest BCUT2D eigenvalue weighted by atomic mass is 10.1. The Morgan fingerprint density at radius 2 is 2.12 bits per heavy atom. The standard InChI is InChI=1S/C12H8ClNOS2/c1-7-11(8-3-2-6-16-8)12(14-15-7)9-4-5-10(13)17-9/h2-6,14H,1H2. The van der Waals surface area contributed by atoms with Crippen LogP contribution in [-0.4, -0.2) is 0 Å². The summed E-state index contributed by atoms with van der Waals surface area (Å²) in [6.45, 7) is 3.91. The van der Waals surface area contributed by atoms with Crippen LogP contribution in [0.3, 0.4) is 0 Å². The van der Waals surface area contributed by atoms with E-state index in [1.807, 2.05) is 23.6 Å². The van der Waals surface area contributed by atoms with Gasteiger partial charge in [0, 0.05) is 4.88 Å². The van der Waals surface area contributed by atoms with Crippen molar-refractivity contribution in [3.63, 3.8) is 0 Å². The van der Waals surface area contributed by atoms with Crippen LogP contribution in [0.15, 0.2) is 42.0 Å². The lowest BCUT2D eigenvalue weighted by molar-refractivity contribution is 0.180. The molecule has 0 bridgehead atoms. The molecule has 0 saturated heterocycles. The van der Waals surface area contributed by atoms with Crippen LogP contribution in [0.25, 0.3) is 11.3 Å². The van der Waals surface area contributed by atoms with Crippen LogP contribution in [0.1, 0.15) is 9.75 Å². The van der Waals surface area contributed by atoms with Crippen molar-refractivity contribution in [3.8, 4) is 0 Å². The van der Waals surface area contributed by atoms with Gasteiger partial charge in [0.1, 0.15) is 5.70 Å². The minimum absolute atomic E-state index is 0.645. The van der Waals surface area contributed by atoms with Crippen LogP contribution in [0.2, 0.25) is 4.34 Å². The molecule has 0 aliphatic carbocycles. The largest absolute Gasteiger partial charge is 0.382 e. The Bertz CT molecular complexity index is 598. The van der Waals surface area contributed by atoms with Crippen LogP contribution >= 0.6 is 34.3 Å². The van der Waals surface area contributed by atoms with Gasteiger partial charge in [-0.2, -0.15) is 0 Å². The topological polar surface area (TPSA) is 21.3 Å². The molecule has 0 amide bonds. The van der Waals surface area contributed by atoms with Gasteiger partial charge in [-0.15, -0.1) is 22.7 Å². The number of hydrogen-bond acceptors (Lipinski definition) is 4. The number of hydrogen-bond donors (Lipinski definition) is 1. The molecule has 1 N–H and O–H groups in total. The molecule has 86 valence electrons. The highest BCUT2D eigenvalue weighted by Crippen LogP contribution is 2.39. The van der Waals surface area contributed by atoms with Gasteiger partial charge >= 0.3 is 0 Å². The predicted molar refractivity (Wildman–Crippen MR) is 73.8 cm³/mol. The van der Waals surface area contributed by atoms with Gasteiger partial charge < -0.3 is 4.84 Å². The van der Waals surface area contributed by atoms with Crippen molar-refractivity contribution in [2.75, 3.05) is 0 Å². The first-order chi connectivity index (χ1) is 8.25. The molecule has 2 aromatic heterocycles. The highest BCUT2D eigenvalue weighted by Gasteiger charge is 2.24. The minimum atomic E-state index is 0.645. The summed E-state index contributed by atoms with van der Waals surface area (Å²) in [5, 5.41) is 2.03. The zero-order chi connectivity index (χ0) is 11.8. The van der Waals surface area contributed by atoms with E-state index in [1.54, 1.807) is 11.3 Å². The molecular weight excluding hydrogens is 274 g/mol. The van der Waals surface area contributed by atoms with E-state index in [2.05, 4.69) is 18.1 Å². The van der Waals surface area contributed by atoms with E-state index in [0.717, 1.165) is 25.4 Å². The second-order valence-corrected chi connectivity index (χ2v) is 6.12. The molecule has 3 rings (SSSR count). The Balaban J connectivity index is 2.15. The van der Waals surface area contributed by atoms with E-state index in [1.165, 1.54) is 11.3 Å². The number of hydroxylamine groups is 1. The highest BCUT2D eigenvalue weighted by atomic mass is 35.5. The maximum Gasteiger partial charge on any atom is 0.158 e. The molecule has 17 heavy (non-hydrogen) atoms. The van der Waals surface area contributed by atoms with Crippen molar-refractivity contribution in [2.45, 2.75) is 0 Å². The van der Waals surface area contributed by atoms with Crippen LogP contribution in [0.4, 0.5) is 0 Å². The second-order valence-electron chi connectivity index (χ2n) is 3.46. The number of thiophene rings is 2. The number of rotatable bonds is 2. The average Bonchev–Trinajstić information content (AvgIpc) is 2.97. The van der Waals surface area contributed by atoms with Gasteiger partial charge in [0.2, 0.25) is 0 Å². The average molecular weight is 282 g/mol. The maximum absolute atomic E-state index is 5.96. The quantitative estimate of drug-likeness (QED) is 0.882. The van der Waals surface area contributed by atoms with Crippen molar-refractivity contribution < 1.29 is 4.84 Å². The Morgan fingerprint density at radius 1 is 1.24 bits per heavy atom. The van der Waals surface area contributed by atoms with Gasteiger partial charge in [-0.1, -0.05) is 24.2 Å². The first-order valence-electron chi connectivity index (χ1n) is 4.91. The van der Waals surface area contributed by atoms with Crippen LogP contribution < -0.4 is 5.48 Å². The summed E-state index contributed by atoms with van der Waals surface area (Å²) < 4.78 is 0.761. The summed E-state index contributed by atoms with van der Waals surface area (Å²) in [5.41, 5.74) is 4.86. The molecule has 1 aliphatic heterocycles. The lowest BCUT2D eigenvalue weighted by Crippen LogP contribution is -2.02. The van der Waals surface area contributed by atoms with Crippen LogP contribution in [0.5, 0.6) is 0 Å². The Hall–Kier alpha value is -1.23.